The molecule has 1 fully saturated rings. The second kappa shape index (κ2) is 7.59. The summed E-state index contributed by atoms with van der Waals surface area (Å²) in [6, 6.07) is 19.0. The zero-order chi connectivity index (χ0) is 19.7. The maximum atomic E-state index is 5.45. The van der Waals surface area contributed by atoms with Crippen molar-refractivity contribution in [3.05, 3.63) is 71.4 Å². The summed E-state index contributed by atoms with van der Waals surface area (Å²) in [5.74, 6) is 1.28. The van der Waals surface area contributed by atoms with Crippen LogP contribution in [0.4, 0.5) is 0 Å². The molecule has 1 heterocycles. The third-order valence-corrected chi connectivity index (χ3v) is 6.63. The molecule has 1 aliphatic rings. The molecule has 0 bridgehead atoms. The van der Waals surface area contributed by atoms with E-state index in [9.17, 15) is 0 Å². The highest BCUT2D eigenvalue weighted by Crippen LogP contribution is 2.67. The van der Waals surface area contributed by atoms with Gasteiger partial charge in [0.05, 0.1) is 0 Å². The van der Waals surface area contributed by atoms with E-state index in [0.717, 1.165) is 24.6 Å². The van der Waals surface area contributed by atoms with E-state index >= 15 is 0 Å². The first-order chi connectivity index (χ1) is 13.5. The molecule has 0 saturated heterocycles. The SMILES string of the molecule is Cc1[nH]c2ccccc2c1[C@H]1[C@H](CCNC(=S)NCc2ccccc2)C1(C)C. The number of para-hydroxylation sites is 1. The Morgan fingerprint density at radius 1 is 1.04 bits per heavy atom. The second-order valence-electron chi connectivity index (χ2n) is 8.50. The van der Waals surface area contributed by atoms with Crippen LogP contribution in [0.1, 0.15) is 43.0 Å². The number of aryl methyl sites for hydroxylation is 1. The lowest BCUT2D eigenvalue weighted by Gasteiger charge is -2.11. The first kappa shape index (κ1) is 19.0. The van der Waals surface area contributed by atoms with Crippen LogP contribution in [0, 0.1) is 18.3 Å². The Hall–Kier alpha value is -2.33. The minimum Gasteiger partial charge on any atom is -0.363 e. The summed E-state index contributed by atoms with van der Waals surface area (Å²) >= 11 is 5.45. The lowest BCUT2D eigenvalue weighted by molar-refractivity contribution is 0.527. The van der Waals surface area contributed by atoms with Crippen LogP contribution in [0.15, 0.2) is 54.6 Å². The lowest BCUT2D eigenvalue weighted by Crippen LogP contribution is -2.35. The average Bonchev–Trinajstić information content (AvgIpc) is 3.05. The maximum absolute atomic E-state index is 5.45. The van der Waals surface area contributed by atoms with E-state index in [1.807, 2.05) is 6.07 Å². The molecule has 1 saturated carbocycles. The maximum Gasteiger partial charge on any atom is 0.166 e. The fraction of sp³-hybridized carbons (Fsp3) is 0.375. The molecule has 3 nitrogen and oxygen atoms in total. The van der Waals surface area contributed by atoms with Crippen LogP contribution < -0.4 is 10.6 Å². The van der Waals surface area contributed by atoms with E-state index < -0.39 is 0 Å². The van der Waals surface area contributed by atoms with Crippen LogP contribution in [0.25, 0.3) is 10.9 Å². The monoisotopic (exact) mass is 391 g/mol. The van der Waals surface area contributed by atoms with E-state index in [-0.39, 0.29) is 0 Å². The van der Waals surface area contributed by atoms with Gasteiger partial charge in [0.25, 0.3) is 0 Å². The number of benzene rings is 2. The zero-order valence-electron chi connectivity index (χ0n) is 16.9. The van der Waals surface area contributed by atoms with Crippen molar-refractivity contribution in [2.24, 2.45) is 11.3 Å². The minimum absolute atomic E-state index is 0.330. The Labute approximate surface area is 172 Å². The van der Waals surface area contributed by atoms with Gasteiger partial charge in [0.15, 0.2) is 5.11 Å². The molecule has 1 aliphatic carbocycles. The van der Waals surface area contributed by atoms with Crippen molar-refractivity contribution in [1.29, 1.82) is 0 Å². The molecule has 0 unspecified atom stereocenters. The normalized spacial score (nSPS) is 20.1. The summed E-state index contributed by atoms with van der Waals surface area (Å²) in [7, 11) is 0. The van der Waals surface area contributed by atoms with E-state index in [1.54, 1.807) is 0 Å². The largest absolute Gasteiger partial charge is 0.363 e. The van der Waals surface area contributed by atoms with Crippen LogP contribution >= 0.6 is 12.2 Å². The Kier molecular flexibility index (Phi) is 5.15. The third kappa shape index (κ3) is 3.66. The minimum atomic E-state index is 0.330. The highest BCUT2D eigenvalue weighted by Gasteiger charge is 2.58. The number of H-pyrrole nitrogens is 1. The summed E-state index contributed by atoms with van der Waals surface area (Å²) in [5.41, 5.74) is 5.65. The highest BCUT2D eigenvalue weighted by molar-refractivity contribution is 7.80. The van der Waals surface area contributed by atoms with Gasteiger partial charge in [-0.2, -0.15) is 0 Å². The standard InChI is InChI=1S/C24H29N3S/c1-16-21(18-11-7-8-12-20(18)27-16)22-19(24(22,2)3)13-14-25-23(28)26-15-17-9-5-4-6-10-17/h4-12,19,22,27H,13-15H2,1-3H3,(H2,25,26,28)/t19-,22+/m0/s1. The van der Waals surface area contributed by atoms with Crippen molar-refractivity contribution in [2.75, 3.05) is 6.54 Å². The Morgan fingerprint density at radius 3 is 2.54 bits per heavy atom. The van der Waals surface area contributed by atoms with Crippen LogP contribution in [-0.2, 0) is 6.54 Å². The topological polar surface area (TPSA) is 39.9 Å². The van der Waals surface area contributed by atoms with Gasteiger partial charge in [-0.15, -0.1) is 0 Å². The van der Waals surface area contributed by atoms with E-state index in [0.29, 0.717) is 17.3 Å². The molecule has 2 aromatic carbocycles. The first-order valence-corrected chi connectivity index (χ1v) is 10.5. The van der Waals surface area contributed by atoms with Gasteiger partial charge in [-0.25, -0.2) is 0 Å². The fourth-order valence-electron chi connectivity index (χ4n) is 4.74. The van der Waals surface area contributed by atoms with Gasteiger partial charge < -0.3 is 15.6 Å². The third-order valence-electron chi connectivity index (χ3n) is 6.34. The van der Waals surface area contributed by atoms with Gasteiger partial charge in [0.1, 0.15) is 0 Å². The zero-order valence-corrected chi connectivity index (χ0v) is 17.7. The Bertz CT molecular complexity index is 974. The molecule has 1 aromatic heterocycles. The van der Waals surface area contributed by atoms with Gasteiger partial charge in [-0.3, -0.25) is 0 Å². The summed E-state index contributed by atoms with van der Waals surface area (Å²) in [4.78, 5) is 3.57. The predicted molar refractivity (Wildman–Crippen MR) is 122 cm³/mol. The van der Waals surface area contributed by atoms with Crippen molar-refractivity contribution >= 4 is 28.2 Å². The number of aromatic amines is 1. The number of aromatic nitrogens is 1. The number of rotatable bonds is 6. The summed E-state index contributed by atoms with van der Waals surface area (Å²) in [5, 5.41) is 8.81. The molecule has 4 rings (SSSR count). The molecule has 28 heavy (non-hydrogen) atoms. The van der Waals surface area contributed by atoms with Crippen molar-refractivity contribution in [2.45, 2.75) is 39.7 Å². The molecule has 2 atom stereocenters. The molecular weight excluding hydrogens is 362 g/mol. The summed E-state index contributed by atoms with van der Waals surface area (Å²) in [6.45, 7) is 8.68. The number of fused-ring (bicyclic) bond motifs is 1. The molecule has 3 N–H and O–H groups in total. The van der Waals surface area contributed by atoms with E-state index in [2.05, 4.69) is 84.9 Å². The number of thiocarbonyl (C=S) groups is 1. The molecule has 0 amide bonds. The second-order valence-corrected chi connectivity index (χ2v) is 8.91. The lowest BCUT2D eigenvalue weighted by atomic mass is 10.0. The quantitative estimate of drug-likeness (QED) is 0.501. The average molecular weight is 392 g/mol. The van der Waals surface area contributed by atoms with Gasteiger partial charge in [0, 0.05) is 29.7 Å². The molecule has 0 aliphatic heterocycles. The van der Waals surface area contributed by atoms with E-state index in [1.165, 1.54) is 27.7 Å². The summed E-state index contributed by atoms with van der Waals surface area (Å²) < 4.78 is 0. The van der Waals surface area contributed by atoms with Crippen molar-refractivity contribution in [1.82, 2.24) is 15.6 Å². The van der Waals surface area contributed by atoms with Crippen molar-refractivity contribution < 1.29 is 0 Å². The van der Waals surface area contributed by atoms with Crippen LogP contribution in [0.3, 0.4) is 0 Å². The molecule has 4 heteroatoms. The molecule has 146 valence electrons. The predicted octanol–water partition coefficient (Wildman–Crippen LogP) is 5.27. The number of nitrogens with one attached hydrogen (secondary N) is 3. The fourth-order valence-corrected chi connectivity index (χ4v) is 4.91. The molecular formula is C24H29N3S. The highest BCUT2D eigenvalue weighted by atomic mass is 32.1. The van der Waals surface area contributed by atoms with E-state index in [4.69, 9.17) is 12.2 Å². The van der Waals surface area contributed by atoms with Crippen LogP contribution in [0.2, 0.25) is 0 Å². The number of hydrogen-bond donors (Lipinski definition) is 3. The van der Waals surface area contributed by atoms with Gasteiger partial charge in [-0.05, 0) is 60.0 Å². The van der Waals surface area contributed by atoms with Gasteiger partial charge >= 0.3 is 0 Å². The Morgan fingerprint density at radius 2 is 1.75 bits per heavy atom. The molecule has 0 radical (unpaired) electrons. The number of hydrogen-bond acceptors (Lipinski definition) is 1. The Balaban J connectivity index is 1.33. The van der Waals surface area contributed by atoms with Crippen molar-refractivity contribution in [3.63, 3.8) is 0 Å². The van der Waals surface area contributed by atoms with Gasteiger partial charge in [-0.1, -0.05) is 62.4 Å². The molecule has 0 spiro atoms. The van der Waals surface area contributed by atoms with Crippen LogP contribution in [0.5, 0.6) is 0 Å². The van der Waals surface area contributed by atoms with Crippen molar-refractivity contribution in [3.8, 4) is 0 Å². The van der Waals surface area contributed by atoms with Crippen LogP contribution in [-0.4, -0.2) is 16.6 Å². The van der Waals surface area contributed by atoms with Gasteiger partial charge in [0.2, 0.25) is 0 Å². The molecule has 3 aromatic rings. The summed E-state index contributed by atoms with van der Waals surface area (Å²) in [6.07, 6.45) is 1.13. The first-order valence-electron chi connectivity index (χ1n) is 10.1. The smallest absolute Gasteiger partial charge is 0.166 e.